The summed E-state index contributed by atoms with van der Waals surface area (Å²) >= 11 is 0. The second-order valence-electron chi connectivity index (χ2n) is 5.68. The van der Waals surface area contributed by atoms with Crippen molar-refractivity contribution in [2.24, 2.45) is 5.73 Å². The van der Waals surface area contributed by atoms with Gasteiger partial charge in [0.25, 0.3) is 0 Å². The molecular weight excluding hydrogens is 302 g/mol. The van der Waals surface area contributed by atoms with E-state index in [1.807, 2.05) is 43.3 Å². The van der Waals surface area contributed by atoms with Gasteiger partial charge in [-0.05, 0) is 49.2 Å². The van der Waals surface area contributed by atoms with Gasteiger partial charge in [-0.25, -0.2) is 0 Å². The first-order valence-electron chi connectivity index (χ1n) is 8.03. The highest BCUT2D eigenvalue weighted by Gasteiger charge is 2.08. The average Bonchev–Trinajstić information content (AvgIpc) is 2.56. The normalized spacial score (nSPS) is 10.2. The molecule has 2 rings (SSSR count). The monoisotopic (exact) mass is 325 g/mol. The Morgan fingerprint density at radius 2 is 1.75 bits per heavy atom. The topological polar surface area (TPSA) is 84.2 Å². The third kappa shape index (κ3) is 5.52. The number of carbonyl (C=O) groups is 2. The van der Waals surface area contributed by atoms with Gasteiger partial charge in [0.1, 0.15) is 0 Å². The first kappa shape index (κ1) is 17.7. The Hall–Kier alpha value is -2.66. The lowest BCUT2D eigenvalue weighted by Crippen LogP contribution is -2.16. The van der Waals surface area contributed by atoms with E-state index < -0.39 is 0 Å². The van der Waals surface area contributed by atoms with Crippen LogP contribution >= 0.6 is 0 Å². The molecular formula is C19H23N3O2. The molecule has 0 atom stereocenters. The van der Waals surface area contributed by atoms with Crippen LogP contribution in [0.2, 0.25) is 0 Å². The molecule has 2 aromatic rings. The van der Waals surface area contributed by atoms with Crippen LogP contribution in [0.15, 0.2) is 48.5 Å². The highest BCUT2D eigenvalue weighted by molar-refractivity contribution is 5.94. The van der Waals surface area contributed by atoms with E-state index in [2.05, 4.69) is 10.6 Å². The van der Waals surface area contributed by atoms with Crippen molar-refractivity contribution in [2.45, 2.75) is 26.2 Å². The van der Waals surface area contributed by atoms with Gasteiger partial charge in [-0.3, -0.25) is 9.59 Å². The largest absolute Gasteiger partial charge is 0.330 e. The zero-order chi connectivity index (χ0) is 17.4. The van der Waals surface area contributed by atoms with Crippen LogP contribution in [0.5, 0.6) is 0 Å². The van der Waals surface area contributed by atoms with Gasteiger partial charge in [0.05, 0.1) is 6.42 Å². The Morgan fingerprint density at radius 1 is 1.00 bits per heavy atom. The van der Waals surface area contributed by atoms with Gasteiger partial charge < -0.3 is 16.4 Å². The lowest BCUT2D eigenvalue weighted by molar-refractivity contribution is -0.116. The smallest absolute Gasteiger partial charge is 0.228 e. The summed E-state index contributed by atoms with van der Waals surface area (Å²) in [7, 11) is 0. The molecule has 126 valence electrons. The third-order valence-electron chi connectivity index (χ3n) is 3.60. The summed E-state index contributed by atoms with van der Waals surface area (Å²) in [6.45, 7) is 2.40. The van der Waals surface area contributed by atoms with E-state index in [4.69, 9.17) is 5.73 Å². The van der Waals surface area contributed by atoms with E-state index in [0.717, 1.165) is 22.5 Å². The van der Waals surface area contributed by atoms with Gasteiger partial charge in [-0.1, -0.05) is 30.3 Å². The number of benzene rings is 2. The maximum Gasteiger partial charge on any atom is 0.228 e. The van der Waals surface area contributed by atoms with E-state index in [0.29, 0.717) is 25.8 Å². The second-order valence-corrected chi connectivity index (χ2v) is 5.68. The van der Waals surface area contributed by atoms with Gasteiger partial charge in [-0.2, -0.15) is 0 Å². The first-order valence-corrected chi connectivity index (χ1v) is 8.03. The number of nitrogens with one attached hydrogen (secondary N) is 2. The summed E-state index contributed by atoms with van der Waals surface area (Å²) in [6, 6.07) is 15.0. The summed E-state index contributed by atoms with van der Waals surface area (Å²) in [5.41, 5.74) is 8.73. The molecule has 2 aromatic carbocycles. The quantitative estimate of drug-likeness (QED) is 0.732. The lowest BCUT2D eigenvalue weighted by atomic mass is 10.1. The SMILES string of the molecule is Cc1cc(NC(=O)CCCN)ccc1NC(=O)Cc1ccccc1. The maximum absolute atomic E-state index is 12.1. The highest BCUT2D eigenvalue weighted by Crippen LogP contribution is 2.20. The predicted molar refractivity (Wildman–Crippen MR) is 96.9 cm³/mol. The van der Waals surface area contributed by atoms with Crippen LogP contribution in [0.25, 0.3) is 0 Å². The van der Waals surface area contributed by atoms with Crippen LogP contribution in [-0.4, -0.2) is 18.4 Å². The molecule has 0 unspecified atom stereocenters. The number of anilines is 2. The third-order valence-corrected chi connectivity index (χ3v) is 3.60. The molecule has 0 aromatic heterocycles. The molecule has 24 heavy (non-hydrogen) atoms. The zero-order valence-electron chi connectivity index (χ0n) is 13.8. The molecule has 4 N–H and O–H groups in total. The van der Waals surface area contributed by atoms with Crippen LogP contribution < -0.4 is 16.4 Å². The number of hydrogen-bond donors (Lipinski definition) is 3. The van der Waals surface area contributed by atoms with Crippen molar-refractivity contribution < 1.29 is 9.59 Å². The average molecular weight is 325 g/mol. The first-order chi connectivity index (χ1) is 11.6. The molecule has 2 amide bonds. The van der Waals surface area contributed by atoms with Crippen molar-refractivity contribution in [3.05, 3.63) is 59.7 Å². The molecule has 0 spiro atoms. The molecule has 5 heteroatoms. The second kappa shape index (κ2) is 8.84. The van der Waals surface area contributed by atoms with Crippen molar-refractivity contribution in [3.63, 3.8) is 0 Å². The van der Waals surface area contributed by atoms with Crippen LogP contribution in [0.3, 0.4) is 0 Å². The number of nitrogens with two attached hydrogens (primary N) is 1. The van der Waals surface area contributed by atoms with Crippen molar-refractivity contribution in [3.8, 4) is 0 Å². The summed E-state index contributed by atoms with van der Waals surface area (Å²) in [4.78, 5) is 23.8. The van der Waals surface area contributed by atoms with E-state index in [9.17, 15) is 9.59 Å². The van der Waals surface area contributed by atoms with Crippen LogP contribution in [0.1, 0.15) is 24.0 Å². The van der Waals surface area contributed by atoms with Gasteiger partial charge in [0.2, 0.25) is 11.8 Å². The van der Waals surface area contributed by atoms with E-state index in [1.54, 1.807) is 12.1 Å². The molecule has 0 aliphatic rings. The van der Waals surface area contributed by atoms with E-state index in [1.165, 1.54) is 0 Å². The van der Waals surface area contributed by atoms with Crippen molar-refractivity contribution in [1.82, 2.24) is 0 Å². The summed E-state index contributed by atoms with van der Waals surface area (Å²) in [5, 5.41) is 5.74. The van der Waals surface area contributed by atoms with Gasteiger partial charge in [0.15, 0.2) is 0 Å². The highest BCUT2D eigenvalue weighted by atomic mass is 16.2. The fraction of sp³-hybridized carbons (Fsp3) is 0.263. The number of aryl methyl sites for hydroxylation is 1. The summed E-state index contributed by atoms with van der Waals surface area (Å²) in [5.74, 6) is -0.121. The van der Waals surface area contributed by atoms with Crippen molar-refractivity contribution >= 4 is 23.2 Å². The molecule has 0 fully saturated rings. The van der Waals surface area contributed by atoms with E-state index >= 15 is 0 Å². The van der Waals surface area contributed by atoms with E-state index in [-0.39, 0.29) is 11.8 Å². The number of amides is 2. The van der Waals surface area contributed by atoms with Crippen molar-refractivity contribution in [1.29, 1.82) is 0 Å². The zero-order valence-corrected chi connectivity index (χ0v) is 13.8. The maximum atomic E-state index is 12.1. The Kier molecular flexibility index (Phi) is 6.51. The van der Waals surface area contributed by atoms with Gasteiger partial charge in [0, 0.05) is 17.8 Å². The van der Waals surface area contributed by atoms with Crippen LogP contribution in [0, 0.1) is 6.92 Å². The number of carbonyl (C=O) groups excluding carboxylic acids is 2. The Morgan fingerprint density at radius 3 is 2.42 bits per heavy atom. The standard InChI is InChI=1S/C19H23N3O2/c1-14-12-16(21-18(23)8-5-11-20)9-10-17(14)22-19(24)13-15-6-3-2-4-7-15/h2-4,6-7,9-10,12H,5,8,11,13,20H2,1H3,(H,21,23)(H,22,24). The Bertz CT molecular complexity index is 699. The molecule has 0 heterocycles. The van der Waals surface area contributed by atoms with Crippen LogP contribution in [-0.2, 0) is 16.0 Å². The fourth-order valence-corrected chi connectivity index (χ4v) is 2.34. The minimum absolute atomic E-state index is 0.0549. The summed E-state index contributed by atoms with van der Waals surface area (Å²) < 4.78 is 0. The predicted octanol–water partition coefficient (Wildman–Crippen LogP) is 2.85. The molecule has 0 saturated carbocycles. The Balaban J connectivity index is 1.94. The molecule has 0 radical (unpaired) electrons. The Labute approximate surface area is 142 Å². The van der Waals surface area contributed by atoms with Crippen molar-refractivity contribution in [2.75, 3.05) is 17.2 Å². The molecule has 5 nitrogen and oxygen atoms in total. The minimum Gasteiger partial charge on any atom is -0.330 e. The van der Waals surface area contributed by atoms with Gasteiger partial charge >= 0.3 is 0 Å². The lowest BCUT2D eigenvalue weighted by Gasteiger charge is -2.11. The molecule has 0 bridgehead atoms. The fourth-order valence-electron chi connectivity index (χ4n) is 2.34. The molecule has 0 aliphatic heterocycles. The van der Waals surface area contributed by atoms with Crippen LogP contribution in [0.4, 0.5) is 11.4 Å². The minimum atomic E-state index is -0.0657. The molecule has 0 saturated heterocycles. The number of hydrogen-bond acceptors (Lipinski definition) is 3. The molecule has 0 aliphatic carbocycles. The summed E-state index contributed by atoms with van der Waals surface area (Å²) in [6.07, 6.45) is 1.40. The number of rotatable bonds is 7. The van der Waals surface area contributed by atoms with Gasteiger partial charge in [-0.15, -0.1) is 0 Å².